The van der Waals surface area contributed by atoms with Gasteiger partial charge in [0.05, 0.1) is 6.61 Å². The van der Waals surface area contributed by atoms with Crippen LogP contribution in [0.15, 0.2) is 12.7 Å². The molecule has 0 amide bonds. The van der Waals surface area contributed by atoms with Crippen molar-refractivity contribution in [1.29, 1.82) is 0 Å². The van der Waals surface area contributed by atoms with Gasteiger partial charge in [0, 0.05) is 17.7 Å². The van der Waals surface area contributed by atoms with Crippen molar-refractivity contribution in [3.05, 3.63) is 12.7 Å². The summed E-state index contributed by atoms with van der Waals surface area (Å²) in [5.74, 6) is 0. The summed E-state index contributed by atoms with van der Waals surface area (Å²) < 4.78 is 8.39. The van der Waals surface area contributed by atoms with Gasteiger partial charge in [-0.25, -0.2) is 0 Å². The van der Waals surface area contributed by atoms with Crippen LogP contribution in [0.2, 0.25) is 0 Å². The SMILES string of the molecule is C=CCOP(C(C)C)N(C(C)C)C(C)C. The average Bonchev–Trinajstić information content (AvgIpc) is 2.09. The second-order valence-electron chi connectivity index (χ2n) is 4.55. The highest BCUT2D eigenvalue weighted by Gasteiger charge is 2.27. The molecule has 0 aromatic carbocycles. The van der Waals surface area contributed by atoms with Gasteiger partial charge >= 0.3 is 0 Å². The van der Waals surface area contributed by atoms with Crippen LogP contribution >= 0.6 is 8.30 Å². The van der Waals surface area contributed by atoms with Crippen LogP contribution in [-0.2, 0) is 4.52 Å². The van der Waals surface area contributed by atoms with Gasteiger partial charge in [0.2, 0.25) is 0 Å². The zero-order valence-electron chi connectivity index (χ0n) is 11.0. The van der Waals surface area contributed by atoms with Gasteiger partial charge in [-0.1, -0.05) is 19.9 Å². The summed E-state index contributed by atoms with van der Waals surface area (Å²) >= 11 is 0. The molecule has 0 heterocycles. The lowest BCUT2D eigenvalue weighted by Gasteiger charge is -2.39. The van der Waals surface area contributed by atoms with Crippen LogP contribution < -0.4 is 0 Å². The first kappa shape index (κ1) is 15.1. The van der Waals surface area contributed by atoms with Crippen molar-refractivity contribution in [1.82, 2.24) is 4.67 Å². The molecule has 0 rings (SSSR count). The minimum absolute atomic E-state index is 0.506. The summed E-state index contributed by atoms with van der Waals surface area (Å²) in [5, 5.41) is 0. The number of hydrogen-bond acceptors (Lipinski definition) is 2. The summed E-state index contributed by atoms with van der Waals surface area (Å²) in [4.78, 5) is 0. The molecule has 15 heavy (non-hydrogen) atoms. The van der Waals surface area contributed by atoms with Crippen molar-refractivity contribution < 1.29 is 4.52 Å². The van der Waals surface area contributed by atoms with E-state index in [-0.39, 0.29) is 0 Å². The Morgan fingerprint density at radius 2 is 1.60 bits per heavy atom. The Morgan fingerprint density at radius 3 is 1.87 bits per heavy atom. The Hall–Kier alpha value is 0.0900. The van der Waals surface area contributed by atoms with Crippen molar-refractivity contribution in [2.24, 2.45) is 0 Å². The number of hydrogen-bond donors (Lipinski definition) is 0. The second kappa shape index (κ2) is 7.38. The molecule has 1 unspecified atom stereocenters. The third kappa shape index (κ3) is 5.10. The van der Waals surface area contributed by atoms with E-state index < -0.39 is 8.30 Å². The molecule has 0 saturated carbocycles. The molecule has 0 N–H and O–H groups in total. The van der Waals surface area contributed by atoms with Gasteiger partial charge in [0.15, 0.2) is 0 Å². The molecule has 0 aromatic heterocycles. The Balaban J connectivity index is 4.59. The molecule has 0 radical (unpaired) electrons. The van der Waals surface area contributed by atoms with Crippen LogP contribution in [0.1, 0.15) is 41.5 Å². The van der Waals surface area contributed by atoms with Crippen LogP contribution in [0.3, 0.4) is 0 Å². The second-order valence-corrected chi connectivity index (χ2v) is 6.91. The van der Waals surface area contributed by atoms with E-state index in [1.54, 1.807) is 0 Å². The smallest absolute Gasteiger partial charge is 0.107 e. The molecule has 0 spiro atoms. The molecule has 3 heteroatoms. The summed E-state index contributed by atoms with van der Waals surface area (Å²) in [6.45, 7) is 17.7. The minimum atomic E-state index is -0.506. The quantitative estimate of drug-likeness (QED) is 0.484. The largest absolute Gasteiger partial charge is 0.339 e. The Bertz CT molecular complexity index is 172. The zero-order valence-corrected chi connectivity index (χ0v) is 11.9. The van der Waals surface area contributed by atoms with E-state index in [2.05, 4.69) is 52.8 Å². The highest BCUT2D eigenvalue weighted by molar-refractivity contribution is 7.50. The summed E-state index contributed by atoms with van der Waals surface area (Å²) in [6.07, 6.45) is 1.83. The highest BCUT2D eigenvalue weighted by atomic mass is 31.2. The van der Waals surface area contributed by atoms with Gasteiger partial charge in [0.1, 0.15) is 8.30 Å². The highest BCUT2D eigenvalue weighted by Crippen LogP contribution is 2.48. The fraction of sp³-hybridized carbons (Fsp3) is 0.833. The molecular weight excluding hydrogens is 205 g/mol. The molecule has 2 nitrogen and oxygen atoms in total. The first-order chi connectivity index (χ1) is 6.91. The minimum Gasteiger partial charge on any atom is -0.339 e. The van der Waals surface area contributed by atoms with E-state index in [0.29, 0.717) is 24.3 Å². The Kier molecular flexibility index (Phi) is 7.42. The lowest BCUT2D eigenvalue weighted by molar-refractivity contribution is 0.264. The molecule has 0 saturated heterocycles. The molecule has 0 aliphatic carbocycles. The van der Waals surface area contributed by atoms with E-state index in [1.165, 1.54) is 0 Å². The molecule has 1 atom stereocenters. The van der Waals surface area contributed by atoms with E-state index in [9.17, 15) is 0 Å². The zero-order chi connectivity index (χ0) is 12.0. The standard InChI is InChI=1S/C12H26NOP/c1-8-9-14-15(12(6)7)13(10(2)3)11(4)5/h8,10-12H,1,9H2,2-7H3. The third-order valence-corrected chi connectivity index (χ3v) is 4.73. The predicted molar refractivity (Wildman–Crippen MR) is 70.3 cm³/mol. The van der Waals surface area contributed by atoms with Crippen LogP contribution in [0.4, 0.5) is 0 Å². The lowest BCUT2D eigenvalue weighted by Crippen LogP contribution is -2.35. The van der Waals surface area contributed by atoms with Crippen LogP contribution in [0.5, 0.6) is 0 Å². The van der Waals surface area contributed by atoms with Crippen LogP contribution in [-0.4, -0.2) is 29.0 Å². The van der Waals surface area contributed by atoms with Crippen LogP contribution in [0, 0.1) is 0 Å². The van der Waals surface area contributed by atoms with Crippen LogP contribution in [0.25, 0.3) is 0 Å². The Labute approximate surface area is 96.6 Å². The van der Waals surface area contributed by atoms with E-state index in [0.717, 1.165) is 0 Å². The van der Waals surface area contributed by atoms with Crippen molar-refractivity contribution in [2.45, 2.75) is 59.3 Å². The maximum absolute atomic E-state index is 5.91. The van der Waals surface area contributed by atoms with Crippen molar-refractivity contribution >= 4 is 8.30 Å². The Morgan fingerprint density at radius 1 is 1.13 bits per heavy atom. The van der Waals surface area contributed by atoms with Gasteiger partial charge in [-0.15, -0.1) is 6.58 Å². The van der Waals surface area contributed by atoms with Gasteiger partial charge in [0.25, 0.3) is 0 Å². The molecule has 0 aromatic rings. The van der Waals surface area contributed by atoms with Gasteiger partial charge in [-0.05, 0) is 27.7 Å². The van der Waals surface area contributed by atoms with Gasteiger partial charge < -0.3 is 4.52 Å². The fourth-order valence-electron chi connectivity index (χ4n) is 1.66. The number of rotatable bonds is 7. The van der Waals surface area contributed by atoms with E-state index in [1.807, 2.05) is 6.08 Å². The van der Waals surface area contributed by atoms with E-state index >= 15 is 0 Å². The summed E-state index contributed by atoms with van der Waals surface area (Å²) in [5.41, 5.74) is 0.560. The molecule has 90 valence electrons. The molecular formula is C12H26NOP. The third-order valence-electron chi connectivity index (χ3n) is 2.05. The van der Waals surface area contributed by atoms with Crippen molar-refractivity contribution in [2.75, 3.05) is 6.61 Å². The van der Waals surface area contributed by atoms with Crippen molar-refractivity contribution in [3.8, 4) is 0 Å². The predicted octanol–water partition coefficient (Wildman–Crippen LogP) is 4.03. The molecule has 0 bridgehead atoms. The monoisotopic (exact) mass is 231 g/mol. The molecule has 0 fully saturated rings. The number of nitrogens with zero attached hydrogens (tertiary/aromatic N) is 1. The fourth-order valence-corrected chi connectivity index (χ4v) is 3.80. The summed E-state index contributed by atoms with van der Waals surface area (Å²) in [7, 11) is -0.506. The van der Waals surface area contributed by atoms with Gasteiger partial charge in [-0.2, -0.15) is 0 Å². The molecule has 0 aliphatic heterocycles. The normalized spacial score (nSPS) is 14.3. The maximum atomic E-state index is 5.91. The molecule has 0 aliphatic rings. The van der Waals surface area contributed by atoms with E-state index in [4.69, 9.17) is 4.52 Å². The van der Waals surface area contributed by atoms with Crippen molar-refractivity contribution in [3.63, 3.8) is 0 Å². The average molecular weight is 231 g/mol. The topological polar surface area (TPSA) is 12.5 Å². The first-order valence-electron chi connectivity index (χ1n) is 5.73. The maximum Gasteiger partial charge on any atom is 0.107 e. The first-order valence-corrected chi connectivity index (χ1v) is 7.01. The van der Waals surface area contributed by atoms with Gasteiger partial charge in [-0.3, -0.25) is 4.67 Å². The lowest BCUT2D eigenvalue weighted by atomic mass is 10.3. The summed E-state index contributed by atoms with van der Waals surface area (Å²) in [6, 6.07) is 1.06.